The van der Waals surface area contributed by atoms with Crippen LogP contribution in [-0.2, 0) is 18.3 Å². The number of fused-ring (bicyclic) bond motifs is 1. The fourth-order valence-corrected chi connectivity index (χ4v) is 1.91. The summed E-state index contributed by atoms with van der Waals surface area (Å²) < 4.78 is 0. The second-order valence-corrected chi connectivity index (χ2v) is 5.22. The normalized spacial score (nSPS) is 21.0. The van der Waals surface area contributed by atoms with Gasteiger partial charge in [0, 0.05) is 29.3 Å². The molecule has 1 aromatic heterocycles. The van der Waals surface area contributed by atoms with Crippen LogP contribution in [0.5, 0.6) is 0 Å². The van der Waals surface area contributed by atoms with Crippen molar-refractivity contribution in [1.29, 1.82) is 0 Å². The lowest BCUT2D eigenvalue weighted by atomic mass is 9.91. The van der Waals surface area contributed by atoms with Crippen molar-refractivity contribution in [1.82, 2.24) is 4.98 Å². The first-order chi connectivity index (χ1) is 6.47. The van der Waals surface area contributed by atoms with Gasteiger partial charge in [-0.2, -0.15) is 0 Å². The number of nitrogens with zero attached hydrogens (tertiary/aromatic N) is 1. The highest BCUT2D eigenvalue weighted by Gasteiger charge is 2.22. The average Bonchev–Trinajstić information content (AvgIpc) is 2.41. The summed E-state index contributed by atoms with van der Waals surface area (Å²) >= 11 is 0. The minimum absolute atomic E-state index is 0.141. The zero-order chi connectivity index (χ0) is 10.3. The molecule has 0 saturated carbocycles. The molecule has 0 bridgehead atoms. The fraction of sp³-hybridized carbons (Fsp3) is 0.583. The molecule has 1 aromatic rings. The van der Waals surface area contributed by atoms with E-state index in [0.29, 0.717) is 0 Å². The first-order valence-electron chi connectivity index (χ1n) is 5.21. The van der Waals surface area contributed by atoms with Crippen LogP contribution in [0.4, 0.5) is 0 Å². The number of hydrogen-bond donors (Lipinski definition) is 1. The minimum atomic E-state index is 0.141. The van der Waals surface area contributed by atoms with Gasteiger partial charge in [-0.05, 0) is 18.1 Å². The Morgan fingerprint density at radius 1 is 1.29 bits per heavy atom. The van der Waals surface area contributed by atoms with Crippen LogP contribution in [0.15, 0.2) is 12.1 Å². The van der Waals surface area contributed by atoms with Gasteiger partial charge in [0.15, 0.2) is 0 Å². The molecular weight excluding hydrogens is 172 g/mol. The molecule has 0 saturated heterocycles. The summed E-state index contributed by atoms with van der Waals surface area (Å²) in [6.07, 6.45) is 1.94. The van der Waals surface area contributed by atoms with E-state index >= 15 is 0 Å². The van der Waals surface area contributed by atoms with E-state index in [0.717, 1.165) is 12.8 Å². The summed E-state index contributed by atoms with van der Waals surface area (Å²) in [6, 6.07) is 4.61. The Balaban J connectivity index is 2.38. The van der Waals surface area contributed by atoms with Crippen LogP contribution >= 0.6 is 0 Å². The average molecular weight is 190 g/mol. The van der Waals surface area contributed by atoms with E-state index in [1.807, 2.05) is 0 Å². The Hall–Kier alpha value is -0.890. The molecule has 0 amide bonds. The van der Waals surface area contributed by atoms with Crippen molar-refractivity contribution in [3.8, 4) is 0 Å². The highest BCUT2D eigenvalue weighted by molar-refractivity contribution is 5.31. The summed E-state index contributed by atoms with van der Waals surface area (Å²) in [7, 11) is 0. The standard InChI is InChI=1S/C12H18N2/c1-12(2,3)11-5-4-8-6-9(13)7-10(8)14-11/h4-5,9H,6-7,13H2,1-3H3. The molecule has 0 aliphatic heterocycles. The van der Waals surface area contributed by atoms with Gasteiger partial charge >= 0.3 is 0 Å². The molecule has 1 aliphatic rings. The molecule has 0 spiro atoms. The molecule has 2 heteroatoms. The molecule has 1 heterocycles. The smallest absolute Gasteiger partial charge is 0.0460 e. The quantitative estimate of drug-likeness (QED) is 0.677. The molecule has 1 aliphatic carbocycles. The summed E-state index contributed by atoms with van der Waals surface area (Å²) in [6.45, 7) is 6.57. The van der Waals surface area contributed by atoms with Crippen LogP contribution in [0, 0.1) is 0 Å². The number of nitrogens with two attached hydrogens (primary N) is 1. The van der Waals surface area contributed by atoms with Gasteiger partial charge < -0.3 is 5.73 Å². The van der Waals surface area contributed by atoms with Crippen molar-refractivity contribution >= 4 is 0 Å². The van der Waals surface area contributed by atoms with Crippen molar-refractivity contribution in [2.24, 2.45) is 5.73 Å². The monoisotopic (exact) mass is 190 g/mol. The van der Waals surface area contributed by atoms with Gasteiger partial charge in [0.1, 0.15) is 0 Å². The minimum Gasteiger partial charge on any atom is -0.327 e. The molecular formula is C12H18N2. The second kappa shape index (κ2) is 3.06. The highest BCUT2D eigenvalue weighted by atomic mass is 14.8. The number of rotatable bonds is 0. The fourth-order valence-electron chi connectivity index (χ4n) is 1.91. The molecule has 2 nitrogen and oxygen atoms in total. The Labute approximate surface area is 85.5 Å². The van der Waals surface area contributed by atoms with E-state index in [4.69, 9.17) is 10.7 Å². The lowest BCUT2D eigenvalue weighted by molar-refractivity contribution is 0.565. The van der Waals surface area contributed by atoms with Crippen molar-refractivity contribution in [2.75, 3.05) is 0 Å². The molecule has 0 fully saturated rings. The number of aromatic nitrogens is 1. The molecule has 76 valence electrons. The van der Waals surface area contributed by atoms with Gasteiger partial charge in [0.05, 0.1) is 0 Å². The molecule has 2 N–H and O–H groups in total. The van der Waals surface area contributed by atoms with E-state index in [1.165, 1.54) is 17.0 Å². The SMILES string of the molecule is CC(C)(C)c1ccc2c(n1)CC(N)C2. The van der Waals surface area contributed by atoms with Gasteiger partial charge in [-0.25, -0.2) is 0 Å². The largest absolute Gasteiger partial charge is 0.327 e. The van der Waals surface area contributed by atoms with Crippen LogP contribution in [-0.4, -0.2) is 11.0 Å². The third kappa shape index (κ3) is 1.67. The highest BCUT2D eigenvalue weighted by Crippen LogP contribution is 2.25. The zero-order valence-electron chi connectivity index (χ0n) is 9.17. The van der Waals surface area contributed by atoms with Crippen LogP contribution in [0.25, 0.3) is 0 Å². The maximum absolute atomic E-state index is 5.90. The lowest BCUT2D eigenvalue weighted by Gasteiger charge is -2.18. The predicted octanol–water partition coefficient (Wildman–Crippen LogP) is 1.80. The first-order valence-corrected chi connectivity index (χ1v) is 5.21. The predicted molar refractivity (Wildman–Crippen MR) is 58.3 cm³/mol. The Kier molecular flexibility index (Phi) is 2.11. The van der Waals surface area contributed by atoms with Gasteiger partial charge in [0.25, 0.3) is 0 Å². The molecule has 14 heavy (non-hydrogen) atoms. The third-order valence-corrected chi connectivity index (χ3v) is 2.77. The van der Waals surface area contributed by atoms with Crippen LogP contribution in [0.2, 0.25) is 0 Å². The molecule has 2 rings (SSSR count). The van der Waals surface area contributed by atoms with Crippen molar-refractivity contribution in [3.05, 3.63) is 29.1 Å². The molecule has 0 radical (unpaired) electrons. The maximum atomic E-state index is 5.90. The van der Waals surface area contributed by atoms with E-state index in [-0.39, 0.29) is 11.5 Å². The van der Waals surface area contributed by atoms with E-state index in [9.17, 15) is 0 Å². The number of hydrogen-bond acceptors (Lipinski definition) is 2. The van der Waals surface area contributed by atoms with Crippen molar-refractivity contribution in [2.45, 2.75) is 45.1 Å². The lowest BCUT2D eigenvalue weighted by Crippen LogP contribution is -2.19. The zero-order valence-corrected chi connectivity index (χ0v) is 9.17. The van der Waals surface area contributed by atoms with E-state index in [1.54, 1.807) is 0 Å². The molecule has 1 atom stereocenters. The van der Waals surface area contributed by atoms with Crippen molar-refractivity contribution in [3.63, 3.8) is 0 Å². The second-order valence-electron chi connectivity index (χ2n) is 5.22. The summed E-state index contributed by atoms with van der Waals surface area (Å²) in [4.78, 5) is 4.69. The Morgan fingerprint density at radius 2 is 2.00 bits per heavy atom. The molecule has 0 aromatic carbocycles. The van der Waals surface area contributed by atoms with E-state index in [2.05, 4.69) is 32.9 Å². The van der Waals surface area contributed by atoms with Crippen molar-refractivity contribution < 1.29 is 0 Å². The first kappa shape index (κ1) is 9.66. The topological polar surface area (TPSA) is 38.9 Å². The molecule has 1 unspecified atom stereocenters. The van der Waals surface area contributed by atoms with Gasteiger partial charge in [-0.15, -0.1) is 0 Å². The summed E-state index contributed by atoms with van der Waals surface area (Å²) in [5.74, 6) is 0. The third-order valence-electron chi connectivity index (χ3n) is 2.77. The van der Waals surface area contributed by atoms with Gasteiger partial charge in [-0.1, -0.05) is 26.8 Å². The maximum Gasteiger partial charge on any atom is 0.0460 e. The van der Waals surface area contributed by atoms with E-state index < -0.39 is 0 Å². The number of pyridine rings is 1. The Bertz CT molecular complexity index is 350. The van der Waals surface area contributed by atoms with Crippen LogP contribution < -0.4 is 5.73 Å². The van der Waals surface area contributed by atoms with Crippen LogP contribution in [0.1, 0.15) is 37.7 Å². The summed E-state index contributed by atoms with van der Waals surface area (Å²) in [5, 5.41) is 0. The van der Waals surface area contributed by atoms with Crippen LogP contribution in [0.3, 0.4) is 0 Å². The van der Waals surface area contributed by atoms with Gasteiger partial charge in [0.2, 0.25) is 0 Å². The summed E-state index contributed by atoms with van der Waals surface area (Å²) in [5.41, 5.74) is 9.77. The van der Waals surface area contributed by atoms with Gasteiger partial charge in [-0.3, -0.25) is 4.98 Å². The Morgan fingerprint density at radius 3 is 2.64 bits per heavy atom.